The van der Waals surface area contributed by atoms with Crippen LogP contribution in [0.5, 0.6) is 0 Å². The molecule has 108 valence electrons. The van der Waals surface area contributed by atoms with Crippen LogP contribution in [0.4, 0.5) is 0 Å². The van der Waals surface area contributed by atoms with Crippen molar-refractivity contribution in [2.24, 2.45) is 5.41 Å². The molecule has 1 spiro atoms. The van der Waals surface area contributed by atoms with Crippen LogP contribution in [-0.2, 0) is 9.59 Å². The SMILES string of the molecule is C=CC1=C(C=C)C2(CCSCC2)C(=O)N1CCC(=O)O. The summed E-state index contributed by atoms with van der Waals surface area (Å²) in [5.41, 5.74) is 1.15. The summed E-state index contributed by atoms with van der Waals surface area (Å²) in [4.78, 5) is 25.2. The molecule has 0 aliphatic carbocycles. The molecule has 2 heterocycles. The first-order valence-corrected chi connectivity index (χ1v) is 7.83. The van der Waals surface area contributed by atoms with Gasteiger partial charge in [-0.25, -0.2) is 0 Å². The van der Waals surface area contributed by atoms with E-state index >= 15 is 0 Å². The van der Waals surface area contributed by atoms with Crippen LogP contribution in [0.15, 0.2) is 36.6 Å². The summed E-state index contributed by atoms with van der Waals surface area (Å²) in [5, 5.41) is 8.84. The molecule has 0 unspecified atom stereocenters. The number of carbonyl (C=O) groups is 2. The summed E-state index contributed by atoms with van der Waals surface area (Å²) in [5.74, 6) is 1.01. The number of amides is 1. The van der Waals surface area contributed by atoms with Gasteiger partial charge in [0.15, 0.2) is 0 Å². The van der Waals surface area contributed by atoms with Crippen molar-refractivity contribution in [1.29, 1.82) is 0 Å². The van der Waals surface area contributed by atoms with Gasteiger partial charge in [-0.1, -0.05) is 19.2 Å². The van der Waals surface area contributed by atoms with Crippen LogP contribution < -0.4 is 0 Å². The Balaban J connectivity index is 2.38. The van der Waals surface area contributed by atoms with Gasteiger partial charge >= 0.3 is 5.97 Å². The second-order valence-corrected chi connectivity index (χ2v) is 6.23. The monoisotopic (exact) mass is 293 g/mol. The molecule has 0 aromatic rings. The lowest BCUT2D eigenvalue weighted by molar-refractivity contribution is -0.139. The Hall–Kier alpha value is -1.49. The fourth-order valence-electron chi connectivity index (χ4n) is 3.03. The molecule has 5 heteroatoms. The molecule has 4 nitrogen and oxygen atoms in total. The number of rotatable bonds is 5. The van der Waals surface area contributed by atoms with Gasteiger partial charge in [-0.05, 0) is 36.0 Å². The summed E-state index contributed by atoms with van der Waals surface area (Å²) >= 11 is 1.85. The Bertz CT molecular complexity index is 489. The molecule has 0 radical (unpaired) electrons. The van der Waals surface area contributed by atoms with E-state index in [0.717, 1.165) is 35.6 Å². The van der Waals surface area contributed by atoms with Crippen LogP contribution in [0.3, 0.4) is 0 Å². The van der Waals surface area contributed by atoms with Gasteiger partial charge in [0.25, 0.3) is 0 Å². The van der Waals surface area contributed by atoms with E-state index in [4.69, 9.17) is 5.11 Å². The molecule has 1 N–H and O–H groups in total. The maximum atomic E-state index is 12.8. The standard InChI is InChI=1S/C15H19NO3S/c1-3-11-12(4-2)16(8-5-13(17)18)14(19)15(11)6-9-20-10-7-15/h3-4H,1-2,5-10H2,(H,17,18). The second kappa shape index (κ2) is 5.87. The lowest BCUT2D eigenvalue weighted by Gasteiger charge is -2.33. The Morgan fingerprint density at radius 3 is 2.50 bits per heavy atom. The van der Waals surface area contributed by atoms with Crippen LogP contribution in [0.25, 0.3) is 0 Å². The summed E-state index contributed by atoms with van der Waals surface area (Å²) in [6, 6.07) is 0. The normalized spacial score (nSPS) is 21.4. The first-order chi connectivity index (χ1) is 9.56. The highest BCUT2D eigenvalue weighted by atomic mass is 32.2. The van der Waals surface area contributed by atoms with E-state index < -0.39 is 11.4 Å². The van der Waals surface area contributed by atoms with Crippen molar-refractivity contribution in [3.8, 4) is 0 Å². The van der Waals surface area contributed by atoms with Gasteiger partial charge in [-0.3, -0.25) is 9.59 Å². The van der Waals surface area contributed by atoms with E-state index in [0.29, 0.717) is 0 Å². The molecule has 1 amide bonds. The number of thioether (sulfide) groups is 1. The van der Waals surface area contributed by atoms with Gasteiger partial charge in [0.05, 0.1) is 11.8 Å². The molecule has 2 aliphatic heterocycles. The van der Waals surface area contributed by atoms with E-state index in [-0.39, 0.29) is 18.9 Å². The third-order valence-electron chi connectivity index (χ3n) is 4.03. The van der Waals surface area contributed by atoms with Crippen LogP contribution in [0, 0.1) is 5.41 Å². The van der Waals surface area contributed by atoms with Gasteiger partial charge in [-0.2, -0.15) is 11.8 Å². The number of hydrogen-bond donors (Lipinski definition) is 1. The summed E-state index contributed by atoms with van der Waals surface area (Å²) in [7, 11) is 0. The average Bonchev–Trinajstić information content (AvgIpc) is 2.66. The number of allylic oxidation sites excluding steroid dienone is 2. The van der Waals surface area contributed by atoms with Crippen molar-refractivity contribution in [3.05, 3.63) is 36.6 Å². The number of aliphatic carboxylic acids is 1. The number of hydrogen-bond acceptors (Lipinski definition) is 3. The Morgan fingerprint density at radius 1 is 1.35 bits per heavy atom. The molecule has 2 aliphatic rings. The minimum atomic E-state index is -0.901. The second-order valence-electron chi connectivity index (χ2n) is 5.00. The maximum Gasteiger partial charge on any atom is 0.305 e. The Morgan fingerprint density at radius 2 is 2.00 bits per heavy atom. The van der Waals surface area contributed by atoms with Crippen molar-refractivity contribution in [2.45, 2.75) is 19.3 Å². The van der Waals surface area contributed by atoms with Crippen LogP contribution in [0.1, 0.15) is 19.3 Å². The molecule has 1 saturated heterocycles. The summed E-state index contributed by atoms with van der Waals surface area (Å²) < 4.78 is 0. The van der Waals surface area contributed by atoms with Crippen molar-refractivity contribution in [3.63, 3.8) is 0 Å². The molecular formula is C15H19NO3S. The van der Waals surface area contributed by atoms with E-state index in [1.807, 2.05) is 11.8 Å². The average molecular weight is 293 g/mol. The van der Waals surface area contributed by atoms with Crippen LogP contribution >= 0.6 is 11.8 Å². The minimum absolute atomic E-state index is 0.0175. The highest BCUT2D eigenvalue weighted by Gasteiger charge is 2.50. The minimum Gasteiger partial charge on any atom is -0.481 e. The molecule has 2 rings (SSSR count). The molecule has 0 aromatic carbocycles. The number of carboxylic acids is 1. The Labute approximate surface area is 123 Å². The lowest BCUT2D eigenvalue weighted by atomic mass is 9.75. The van der Waals surface area contributed by atoms with Gasteiger partial charge in [-0.15, -0.1) is 0 Å². The van der Waals surface area contributed by atoms with Crippen molar-refractivity contribution >= 4 is 23.6 Å². The van der Waals surface area contributed by atoms with Gasteiger partial charge in [0.2, 0.25) is 5.91 Å². The molecule has 0 aromatic heterocycles. The zero-order valence-corrected chi connectivity index (χ0v) is 12.2. The zero-order chi connectivity index (χ0) is 14.8. The predicted molar refractivity (Wildman–Crippen MR) is 80.4 cm³/mol. The first-order valence-electron chi connectivity index (χ1n) is 6.68. The molecule has 20 heavy (non-hydrogen) atoms. The van der Waals surface area contributed by atoms with Crippen molar-refractivity contribution in [1.82, 2.24) is 4.90 Å². The lowest BCUT2D eigenvalue weighted by Crippen LogP contribution is -2.40. The van der Waals surface area contributed by atoms with E-state index in [9.17, 15) is 9.59 Å². The quantitative estimate of drug-likeness (QED) is 0.846. The molecule has 0 atom stereocenters. The van der Waals surface area contributed by atoms with E-state index in [1.165, 1.54) is 0 Å². The van der Waals surface area contributed by atoms with E-state index in [1.54, 1.807) is 17.1 Å². The smallest absolute Gasteiger partial charge is 0.305 e. The predicted octanol–water partition coefficient (Wildman–Crippen LogP) is 2.44. The summed E-state index contributed by atoms with van der Waals surface area (Å²) in [6.45, 7) is 7.82. The first kappa shape index (κ1) is 14.9. The highest BCUT2D eigenvalue weighted by Crippen LogP contribution is 2.49. The van der Waals surface area contributed by atoms with Crippen molar-refractivity contribution < 1.29 is 14.7 Å². The topological polar surface area (TPSA) is 57.6 Å². The highest BCUT2D eigenvalue weighted by molar-refractivity contribution is 7.99. The largest absolute Gasteiger partial charge is 0.481 e. The number of carboxylic acid groups (broad SMARTS) is 1. The number of carbonyl (C=O) groups excluding carboxylic acids is 1. The molecule has 1 fully saturated rings. The van der Waals surface area contributed by atoms with E-state index in [2.05, 4.69) is 13.2 Å². The van der Waals surface area contributed by atoms with Crippen LogP contribution in [-0.4, -0.2) is 39.9 Å². The van der Waals surface area contributed by atoms with Gasteiger partial charge < -0.3 is 10.0 Å². The Kier molecular flexibility index (Phi) is 4.38. The van der Waals surface area contributed by atoms with Gasteiger partial charge in [0, 0.05) is 12.2 Å². The third kappa shape index (κ3) is 2.30. The number of nitrogens with zero attached hydrogens (tertiary/aromatic N) is 1. The van der Waals surface area contributed by atoms with Crippen molar-refractivity contribution in [2.75, 3.05) is 18.1 Å². The fourth-order valence-corrected chi connectivity index (χ4v) is 4.22. The van der Waals surface area contributed by atoms with Crippen LogP contribution in [0.2, 0.25) is 0 Å². The summed E-state index contributed by atoms with van der Waals surface area (Å²) in [6.07, 6.45) is 4.91. The maximum absolute atomic E-state index is 12.8. The molecular weight excluding hydrogens is 274 g/mol. The third-order valence-corrected chi connectivity index (χ3v) is 5.02. The molecule has 0 saturated carbocycles. The zero-order valence-electron chi connectivity index (χ0n) is 11.4. The molecule has 0 bridgehead atoms. The van der Waals surface area contributed by atoms with Gasteiger partial charge in [0.1, 0.15) is 0 Å². The fraction of sp³-hybridized carbons (Fsp3) is 0.467.